The van der Waals surface area contributed by atoms with Gasteiger partial charge in [-0.1, -0.05) is 12.8 Å². The summed E-state index contributed by atoms with van der Waals surface area (Å²) in [5.74, 6) is 0. The first-order chi connectivity index (χ1) is 6.34. The molecule has 4 heteroatoms. The lowest BCUT2D eigenvalue weighted by Crippen LogP contribution is -2.30. The van der Waals surface area contributed by atoms with Crippen LogP contribution in [0.25, 0.3) is 0 Å². The van der Waals surface area contributed by atoms with E-state index in [0.29, 0.717) is 19.5 Å². The Morgan fingerprint density at radius 3 is 2.77 bits per heavy atom. The molecule has 1 aliphatic carbocycles. The number of halogens is 1. The summed E-state index contributed by atoms with van der Waals surface area (Å²) in [4.78, 5) is 9.77. The van der Waals surface area contributed by atoms with Crippen molar-refractivity contribution in [2.45, 2.75) is 38.0 Å². The Hall–Kier alpha value is -0.640. The molecule has 3 nitrogen and oxygen atoms in total. The van der Waals surface area contributed by atoms with Gasteiger partial charge in [0.2, 0.25) is 0 Å². The molecule has 1 saturated carbocycles. The molecular formula is C9H15FO3. The lowest BCUT2D eigenvalue weighted by atomic mass is 9.96. The van der Waals surface area contributed by atoms with E-state index >= 15 is 0 Å². The first-order valence-electron chi connectivity index (χ1n) is 4.65. The zero-order valence-corrected chi connectivity index (χ0v) is 7.58. The van der Waals surface area contributed by atoms with E-state index in [-0.39, 0.29) is 12.7 Å². The third-order valence-electron chi connectivity index (χ3n) is 2.22. The third kappa shape index (κ3) is 3.72. The van der Waals surface area contributed by atoms with Crippen molar-refractivity contribution in [2.75, 3.05) is 13.2 Å². The van der Waals surface area contributed by atoms with Gasteiger partial charge in [-0.15, -0.1) is 0 Å². The minimum absolute atomic E-state index is 0.215. The Labute approximate surface area is 77.2 Å². The van der Waals surface area contributed by atoms with E-state index < -0.39 is 6.17 Å². The quantitative estimate of drug-likeness (QED) is 0.486. The van der Waals surface area contributed by atoms with Gasteiger partial charge in [-0.2, -0.15) is 0 Å². The lowest BCUT2D eigenvalue weighted by molar-refractivity contribution is -0.131. The third-order valence-corrected chi connectivity index (χ3v) is 2.22. The van der Waals surface area contributed by atoms with Gasteiger partial charge < -0.3 is 9.47 Å². The number of ether oxygens (including phenoxy) is 2. The Morgan fingerprint density at radius 2 is 2.08 bits per heavy atom. The highest BCUT2D eigenvalue weighted by Crippen LogP contribution is 2.23. The van der Waals surface area contributed by atoms with Crippen LogP contribution < -0.4 is 0 Å². The van der Waals surface area contributed by atoms with Crippen LogP contribution in [0, 0.1) is 0 Å². The number of carbonyl (C=O) groups excluding carboxylic acids is 1. The van der Waals surface area contributed by atoms with Crippen LogP contribution in [0.3, 0.4) is 0 Å². The summed E-state index contributed by atoms with van der Waals surface area (Å²) in [6, 6.07) is 0. The van der Waals surface area contributed by atoms with Crippen LogP contribution in [0.5, 0.6) is 0 Å². The average molecular weight is 190 g/mol. The molecule has 2 atom stereocenters. The normalized spacial score (nSPS) is 28.4. The van der Waals surface area contributed by atoms with E-state index in [4.69, 9.17) is 4.74 Å². The largest absolute Gasteiger partial charge is 0.465 e. The number of hydrogen-bond donors (Lipinski definition) is 0. The Morgan fingerprint density at radius 1 is 1.31 bits per heavy atom. The van der Waals surface area contributed by atoms with Crippen molar-refractivity contribution < 1.29 is 18.7 Å². The van der Waals surface area contributed by atoms with Gasteiger partial charge in [0.15, 0.2) is 0 Å². The second kappa shape index (κ2) is 5.91. The van der Waals surface area contributed by atoms with Crippen molar-refractivity contribution in [3.05, 3.63) is 0 Å². The fourth-order valence-electron chi connectivity index (χ4n) is 1.54. The highest BCUT2D eigenvalue weighted by atomic mass is 19.1. The van der Waals surface area contributed by atoms with Crippen molar-refractivity contribution in [3.63, 3.8) is 0 Å². The molecular weight excluding hydrogens is 175 g/mol. The molecule has 0 heterocycles. The average Bonchev–Trinajstić information content (AvgIpc) is 2.15. The molecule has 1 rings (SSSR count). The zero-order valence-electron chi connectivity index (χ0n) is 7.58. The molecule has 1 aliphatic rings. The molecule has 0 aromatic carbocycles. The maximum atomic E-state index is 13.1. The van der Waals surface area contributed by atoms with E-state index in [9.17, 15) is 9.18 Å². The molecule has 1 fully saturated rings. The number of rotatable bonds is 5. The van der Waals surface area contributed by atoms with Crippen LogP contribution in [0.4, 0.5) is 4.39 Å². The molecule has 0 radical (unpaired) electrons. The van der Waals surface area contributed by atoms with E-state index in [1.807, 2.05) is 0 Å². The van der Waals surface area contributed by atoms with Gasteiger partial charge >= 0.3 is 0 Å². The molecule has 0 aromatic rings. The van der Waals surface area contributed by atoms with E-state index in [1.54, 1.807) is 0 Å². The number of alkyl halides is 1. The smallest absolute Gasteiger partial charge is 0.293 e. The summed E-state index contributed by atoms with van der Waals surface area (Å²) < 4.78 is 22.8. The monoisotopic (exact) mass is 190 g/mol. The Balaban J connectivity index is 2.08. The van der Waals surface area contributed by atoms with E-state index in [0.717, 1.165) is 19.3 Å². The van der Waals surface area contributed by atoms with Crippen LogP contribution in [-0.2, 0) is 14.3 Å². The van der Waals surface area contributed by atoms with Crippen LogP contribution in [0.15, 0.2) is 0 Å². The van der Waals surface area contributed by atoms with Gasteiger partial charge in [0.05, 0.1) is 12.7 Å². The van der Waals surface area contributed by atoms with Gasteiger partial charge in [0.1, 0.15) is 12.8 Å². The predicted octanol–water partition coefficient (Wildman–Crippen LogP) is 1.46. The van der Waals surface area contributed by atoms with Crippen LogP contribution >= 0.6 is 0 Å². The van der Waals surface area contributed by atoms with Gasteiger partial charge in [-0.05, 0) is 12.8 Å². The minimum Gasteiger partial charge on any atom is -0.465 e. The Kier molecular flexibility index (Phi) is 4.75. The van der Waals surface area contributed by atoms with Gasteiger partial charge in [0.25, 0.3) is 6.47 Å². The lowest BCUT2D eigenvalue weighted by Gasteiger charge is -2.25. The molecule has 0 saturated heterocycles. The molecule has 2 unspecified atom stereocenters. The highest BCUT2D eigenvalue weighted by Gasteiger charge is 2.24. The number of carbonyl (C=O) groups is 1. The summed E-state index contributed by atoms with van der Waals surface area (Å²) >= 11 is 0. The maximum Gasteiger partial charge on any atom is 0.293 e. The summed E-state index contributed by atoms with van der Waals surface area (Å²) in [6.07, 6.45) is 2.22. The molecule has 0 aliphatic heterocycles. The van der Waals surface area contributed by atoms with Crippen LogP contribution in [-0.4, -0.2) is 32.0 Å². The van der Waals surface area contributed by atoms with E-state index in [1.165, 1.54) is 0 Å². The summed E-state index contributed by atoms with van der Waals surface area (Å²) in [5.41, 5.74) is 0. The molecule has 0 spiro atoms. The molecule has 13 heavy (non-hydrogen) atoms. The second-order valence-electron chi connectivity index (χ2n) is 3.18. The van der Waals surface area contributed by atoms with Crippen LogP contribution in [0.1, 0.15) is 25.7 Å². The second-order valence-corrected chi connectivity index (χ2v) is 3.18. The number of hydrogen-bond acceptors (Lipinski definition) is 3. The predicted molar refractivity (Wildman–Crippen MR) is 45.1 cm³/mol. The highest BCUT2D eigenvalue weighted by molar-refractivity contribution is 5.36. The van der Waals surface area contributed by atoms with Crippen molar-refractivity contribution in [1.82, 2.24) is 0 Å². The minimum atomic E-state index is -0.843. The molecule has 0 N–H and O–H groups in total. The van der Waals surface area contributed by atoms with Crippen molar-refractivity contribution in [2.24, 2.45) is 0 Å². The Bertz CT molecular complexity index is 152. The SMILES string of the molecule is O=COCCOC1CCCCC1F. The van der Waals surface area contributed by atoms with Gasteiger partial charge in [-0.25, -0.2) is 4.39 Å². The van der Waals surface area contributed by atoms with E-state index in [2.05, 4.69) is 4.74 Å². The maximum absolute atomic E-state index is 13.1. The standard InChI is InChI=1S/C9H15FO3/c10-8-3-1-2-4-9(8)13-6-5-12-7-11/h7-9H,1-6H2. The summed E-state index contributed by atoms with van der Waals surface area (Å²) in [7, 11) is 0. The molecule has 0 bridgehead atoms. The van der Waals surface area contributed by atoms with Crippen LogP contribution in [0.2, 0.25) is 0 Å². The topological polar surface area (TPSA) is 35.5 Å². The summed E-state index contributed by atoms with van der Waals surface area (Å²) in [5, 5.41) is 0. The molecule has 0 amide bonds. The molecule has 76 valence electrons. The van der Waals surface area contributed by atoms with Crippen molar-refractivity contribution >= 4 is 6.47 Å². The first-order valence-corrected chi connectivity index (χ1v) is 4.65. The van der Waals surface area contributed by atoms with Gasteiger partial charge in [-0.3, -0.25) is 4.79 Å². The fraction of sp³-hybridized carbons (Fsp3) is 0.889. The summed E-state index contributed by atoms with van der Waals surface area (Å²) in [6.45, 7) is 0.883. The fourth-order valence-corrected chi connectivity index (χ4v) is 1.54. The molecule has 0 aromatic heterocycles. The van der Waals surface area contributed by atoms with Crippen molar-refractivity contribution in [1.29, 1.82) is 0 Å². The first kappa shape index (κ1) is 10.4. The van der Waals surface area contributed by atoms with Crippen molar-refractivity contribution in [3.8, 4) is 0 Å². The zero-order chi connectivity index (χ0) is 9.52. The van der Waals surface area contributed by atoms with Gasteiger partial charge in [0, 0.05) is 0 Å².